The molecule has 152 valence electrons. The number of hydrogen-bond acceptors (Lipinski definition) is 2. The van der Waals surface area contributed by atoms with E-state index in [0.717, 1.165) is 33.8 Å². The predicted molar refractivity (Wildman–Crippen MR) is 123 cm³/mol. The van der Waals surface area contributed by atoms with Crippen molar-refractivity contribution in [2.45, 2.75) is 41.5 Å². The van der Waals surface area contributed by atoms with Crippen molar-refractivity contribution in [1.29, 1.82) is 5.26 Å². The Kier molecular flexibility index (Phi) is 5.94. The van der Waals surface area contributed by atoms with Crippen molar-refractivity contribution < 1.29 is 4.79 Å². The van der Waals surface area contributed by atoms with Crippen LogP contribution in [0.3, 0.4) is 0 Å². The molecule has 0 saturated heterocycles. The lowest BCUT2D eigenvalue weighted by atomic mass is 10.1. The van der Waals surface area contributed by atoms with E-state index in [1.54, 1.807) is 6.08 Å². The number of nitrogens with one attached hydrogen (secondary N) is 1. The Morgan fingerprint density at radius 1 is 0.933 bits per heavy atom. The van der Waals surface area contributed by atoms with E-state index in [0.29, 0.717) is 5.69 Å². The molecule has 1 aromatic heterocycles. The molecule has 1 heterocycles. The van der Waals surface area contributed by atoms with E-state index in [2.05, 4.69) is 48.0 Å². The quantitative estimate of drug-likeness (QED) is 0.442. The van der Waals surface area contributed by atoms with Crippen LogP contribution in [-0.2, 0) is 4.79 Å². The van der Waals surface area contributed by atoms with Crippen LogP contribution in [0.2, 0.25) is 0 Å². The van der Waals surface area contributed by atoms with Gasteiger partial charge in [-0.3, -0.25) is 4.79 Å². The summed E-state index contributed by atoms with van der Waals surface area (Å²) in [6.45, 7) is 12.2. The van der Waals surface area contributed by atoms with Gasteiger partial charge in [-0.05, 0) is 99.7 Å². The lowest BCUT2D eigenvalue weighted by Gasteiger charge is -2.13. The van der Waals surface area contributed by atoms with Crippen molar-refractivity contribution in [3.63, 3.8) is 0 Å². The second-order valence-electron chi connectivity index (χ2n) is 7.87. The standard InChI is InChI=1S/C26H27N3O/c1-16-7-8-18(3)25(11-16)29-20(5)13-22(21(29)6)14-23(15-27)26(30)28-24-10-9-17(2)19(4)12-24/h7-14H,1-6H3,(H,28,30)/b23-14-. The maximum absolute atomic E-state index is 12.7. The first kappa shape index (κ1) is 21.1. The molecule has 0 fully saturated rings. The molecule has 4 nitrogen and oxygen atoms in total. The van der Waals surface area contributed by atoms with E-state index in [1.165, 1.54) is 11.1 Å². The number of nitrogens with zero attached hydrogens (tertiary/aromatic N) is 2. The SMILES string of the molecule is Cc1ccc(C)c(-n2c(C)cc(/C=C(/C#N)C(=O)Nc3ccc(C)c(C)c3)c2C)c1. The number of nitriles is 1. The zero-order chi connectivity index (χ0) is 22.0. The van der Waals surface area contributed by atoms with Crippen LogP contribution in [0, 0.1) is 52.9 Å². The molecule has 30 heavy (non-hydrogen) atoms. The minimum Gasteiger partial charge on any atom is -0.321 e. The Balaban J connectivity index is 1.96. The van der Waals surface area contributed by atoms with Crippen LogP contribution in [0.15, 0.2) is 48.0 Å². The summed E-state index contributed by atoms with van der Waals surface area (Å²) >= 11 is 0. The number of carbonyl (C=O) groups is 1. The fraction of sp³-hybridized carbons (Fsp3) is 0.231. The average molecular weight is 398 g/mol. The number of amides is 1. The highest BCUT2D eigenvalue weighted by Crippen LogP contribution is 2.26. The van der Waals surface area contributed by atoms with Gasteiger partial charge in [0, 0.05) is 22.8 Å². The van der Waals surface area contributed by atoms with Gasteiger partial charge in [-0.15, -0.1) is 0 Å². The second-order valence-corrected chi connectivity index (χ2v) is 7.87. The Bertz CT molecular complexity index is 1210. The molecule has 0 bridgehead atoms. The Morgan fingerprint density at radius 2 is 1.63 bits per heavy atom. The third kappa shape index (κ3) is 4.21. The van der Waals surface area contributed by atoms with Crippen LogP contribution in [0.5, 0.6) is 0 Å². The monoisotopic (exact) mass is 397 g/mol. The van der Waals surface area contributed by atoms with E-state index in [-0.39, 0.29) is 5.57 Å². The van der Waals surface area contributed by atoms with Crippen molar-refractivity contribution in [3.8, 4) is 11.8 Å². The molecular weight excluding hydrogens is 370 g/mol. The van der Waals surface area contributed by atoms with Crippen LogP contribution in [-0.4, -0.2) is 10.5 Å². The Labute approximate surface area is 178 Å². The number of aromatic nitrogens is 1. The highest BCUT2D eigenvalue weighted by molar-refractivity contribution is 6.09. The summed E-state index contributed by atoms with van der Waals surface area (Å²) in [5, 5.41) is 12.4. The van der Waals surface area contributed by atoms with Gasteiger partial charge in [0.25, 0.3) is 5.91 Å². The first-order chi connectivity index (χ1) is 14.2. The van der Waals surface area contributed by atoms with E-state index < -0.39 is 5.91 Å². The van der Waals surface area contributed by atoms with Crippen molar-refractivity contribution >= 4 is 17.7 Å². The third-order valence-electron chi connectivity index (χ3n) is 5.51. The van der Waals surface area contributed by atoms with Gasteiger partial charge in [0.15, 0.2) is 0 Å². The molecule has 0 spiro atoms. The fourth-order valence-electron chi connectivity index (χ4n) is 3.59. The van der Waals surface area contributed by atoms with Gasteiger partial charge in [-0.1, -0.05) is 18.2 Å². The minimum absolute atomic E-state index is 0.0782. The van der Waals surface area contributed by atoms with Crippen molar-refractivity contribution in [2.75, 3.05) is 5.32 Å². The number of rotatable bonds is 4. The molecule has 1 amide bonds. The highest BCUT2D eigenvalue weighted by atomic mass is 16.1. The van der Waals surface area contributed by atoms with Gasteiger partial charge < -0.3 is 9.88 Å². The van der Waals surface area contributed by atoms with Gasteiger partial charge in [0.2, 0.25) is 0 Å². The van der Waals surface area contributed by atoms with Crippen LogP contribution in [0.4, 0.5) is 5.69 Å². The van der Waals surface area contributed by atoms with E-state index in [1.807, 2.05) is 52.0 Å². The molecular formula is C26H27N3O. The lowest BCUT2D eigenvalue weighted by molar-refractivity contribution is -0.112. The summed E-state index contributed by atoms with van der Waals surface area (Å²) < 4.78 is 2.17. The maximum Gasteiger partial charge on any atom is 0.266 e. The van der Waals surface area contributed by atoms with Gasteiger partial charge in [0.05, 0.1) is 0 Å². The van der Waals surface area contributed by atoms with Crippen LogP contribution >= 0.6 is 0 Å². The molecule has 0 aliphatic rings. The van der Waals surface area contributed by atoms with E-state index in [4.69, 9.17) is 0 Å². The molecule has 0 saturated carbocycles. The molecule has 2 aromatic carbocycles. The summed E-state index contributed by atoms with van der Waals surface area (Å²) in [5.41, 5.74) is 9.39. The Hall–Kier alpha value is -3.58. The molecule has 0 atom stereocenters. The number of benzene rings is 2. The summed E-state index contributed by atoms with van der Waals surface area (Å²) in [4.78, 5) is 12.7. The molecule has 1 N–H and O–H groups in total. The topological polar surface area (TPSA) is 57.8 Å². The zero-order valence-electron chi connectivity index (χ0n) is 18.4. The van der Waals surface area contributed by atoms with Crippen molar-refractivity contribution in [3.05, 3.63) is 87.2 Å². The van der Waals surface area contributed by atoms with Gasteiger partial charge >= 0.3 is 0 Å². The fourth-order valence-corrected chi connectivity index (χ4v) is 3.59. The van der Waals surface area contributed by atoms with Gasteiger partial charge in [0.1, 0.15) is 11.6 Å². The van der Waals surface area contributed by atoms with Crippen molar-refractivity contribution in [1.82, 2.24) is 4.57 Å². The van der Waals surface area contributed by atoms with Gasteiger partial charge in [-0.2, -0.15) is 5.26 Å². The molecule has 0 aliphatic heterocycles. The smallest absolute Gasteiger partial charge is 0.266 e. The van der Waals surface area contributed by atoms with Crippen molar-refractivity contribution in [2.24, 2.45) is 0 Å². The molecule has 3 aromatic rings. The largest absolute Gasteiger partial charge is 0.321 e. The average Bonchev–Trinajstić information content (AvgIpc) is 2.97. The summed E-state index contributed by atoms with van der Waals surface area (Å²) in [5.74, 6) is -0.405. The summed E-state index contributed by atoms with van der Waals surface area (Å²) in [7, 11) is 0. The molecule has 3 rings (SSSR count). The van der Waals surface area contributed by atoms with Crippen LogP contribution in [0.1, 0.15) is 39.2 Å². The molecule has 0 aliphatic carbocycles. The van der Waals surface area contributed by atoms with Crippen LogP contribution in [0.25, 0.3) is 11.8 Å². The molecule has 0 radical (unpaired) electrons. The zero-order valence-corrected chi connectivity index (χ0v) is 18.4. The van der Waals surface area contributed by atoms with E-state index >= 15 is 0 Å². The summed E-state index contributed by atoms with van der Waals surface area (Å²) in [6.07, 6.45) is 1.67. The predicted octanol–water partition coefficient (Wildman–Crippen LogP) is 5.87. The highest BCUT2D eigenvalue weighted by Gasteiger charge is 2.15. The lowest BCUT2D eigenvalue weighted by Crippen LogP contribution is -2.13. The first-order valence-electron chi connectivity index (χ1n) is 9.98. The minimum atomic E-state index is -0.405. The number of aryl methyl sites for hydroxylation is 5. The first-order valence-corrected chi connectivity index (χ1v) is 9.98. The molecule has 4 heteroatoms. The Morgan fingerprint density at radius 3 is 2.30 bits per heavy atom. The molecule has 0 unspecified atom stereocenters. The van der Waals surface area contributed by atoms with E-state index in [9.17, 15) is 10.1 Å². The van der Waals surface area contributed by atoms with Gasteiger partial charge in [-0.25, -0.2) is 0 Å². The van der Waals surface area contributed by atoms with Crippen LogP contribution < -0.4 is 5.32 Å². The number of carbonyl (C=O) groups excluding carboxylic acids is 1. The number of hydrogen-bond donors (Lipinski definition) is 1. The number of anilines is 1. The third-order valence-corrected chi connectivity index (χ3v) is 5.51. The maximum atomic E-state index is 12.7. The second kappa shape index (κ2) is 8.42. The summed E-state index contributed by atoms with van der Waals surface area (Å²) in [6, 6.07) is 16.1. The normalized spacial score (nSPS) is 11.3.